The lowest BCUT2D eigenvalue weighted by atomic mass is 9.75. The van der Waals surface area contributed by atoms with Crippen molar-refractivity contribution in [2.24, 2.45) is 11.7 Å². The van der Waals surface area contributed by atoms with E-state index in [-0.39, 0.29) is 0 Å². The van der Waals surface area contributed by atoms with E-state index in [1.807, 2.05) is 11.3 Å². The summed E-state index contributed by atoms with van der Waals surface area (Å²) in [6.45, 7) is 2.31. The summed E-state index contributed by atoms with van der Waals surface area (Å²) in [6.07, 6.45) is 5.04. The maximum absolute atomic E-state index is 6.05. The Morgan fingerprint density at radius 1 is 1.50 bits per heavy atom. The first kappa shape index (κ1) is 10.2. The van der Waals surface area contributed by atoms with Crippen LogP contribution in [0.4, 0.5) is 0 Å². The van der Waals surface area contributed by atoms with Gasteiger partial charge >= 0.3 is 0 Å². The van der Waals surface area contributed by atoms with E-state index in [2.05, 4.69) is 24.4 Å². The lowest BCUT2D eigenvalue weighted by molar-refractivity contribution is 0.276. The van der Waals surface area contributed by atoms with Crippen molar-refractivity contribution in [1.82, 2.24) is 0 Å². The van der Waals surface area contributed by atoms with Crippen LogP contribution in [0.25, 0.3) is 0 Å². The van der Waals surface area contributed by atoms with Crippen molar-refractivity contribution >= 4 is 11.3 Å². The second kappa shape index (κ2) is 4.45. The Morgan fingerprint density at radius 2 is 2.36 bits per heavy atom. The van der Waals surface area contributed by atoms with E-state index in [4.69, 9.17) is 5.73 Å². The summed E-state index contributed by atoms with van der Waals surface area (Å²) in [5.41, 5.74) is 6.05. The number of rotatable bonds is 2. The number of thiophene rings is 1. The van der Waals surface area contributed by atoms with Crippen LogP contribution in [0, 0.1) is 5.92 Å². The number of hydrogen-bond acceptors (Lipinski definition) is 2. The highest BCUT2D eigenvalue weighted by atomic mass is 32.1. The predicted molar refractivity (Wildman–Crippen MR) is 62.7 cm³/mol. The molecule has 0 aliphatic heterocycles. The maximum atomic E-state index is 6.05. The summed E-state index contributed by atoms with van der Waals surface area (Å²) in [6, 6.07) is 4.87. The molecule has 0 spiro atoms. The highest BCUT2D eigenvalue weighted by Gasteiger charge is 2.29. The van der Waals surface area contributed by atoms with Gasteiger partial charge in [0.1, 0.15) is 0 Å². The van der Waals surface area contributed by atoms with Gasteiger partial charge in [-0.15, -0.1) is 11.3 Å². The zero-order valence-electron chi connectivity index (χ0n) is 8.78. The molecule has 14 heavy (non-hydrogen) atoms. The molecule has 1 saturated carbocycles. The SMILES string of the molecule is CCC1CCC(N)CC1c1cccs1. The fraction of sp³-hybridized carbons (Fsp3) is 0.667. The fourth-order valence-corrected chi connectivity index (χ4v) is 3.54. The quantitative estimate of drug-likeness (QED) is 0.794. The second-order valence-corrected chi connectivity index (χ2v) is 5.34. The third-order valence-corrected chi connectivity index (χ3v) is 4.47. The van der Waals surface area contributed by atoms with Gasteiger partial charge in [-0.05, 0) is 42.5 Å². The minimum Gasteiger partial charge on any atom is -0.328 e. The summed E-state index contributed by atoms with van der Waals surface area (Å²) in [5, 5.41) is 2.18. The lowest BCUT2D eigenvalue weighted by Crippen LogP contribution is -2.31. The first-order valence-corrected chi connectivity index (χ1v) is 6.48. The standard InChI is InChI=1S/C12H19NS/c1-2-9-5-6-10(13)8-11(9)12-4-3-7-14-12/h3-4,7,9-11H,2,5-6,8,13H2,1H3. The highest BCUT2D eigenvalue weighted by Crippen LogP contribution is 2.40. The van der Waals surface area contributed by atoms with Crippen molar-refractivity contribution in [3.63, 3.8) is 0 Å². The van der Waals surface area contributed by atoms with Crippen molar-refractivity contribution in [1.29, 1.82) is 0 Å². The van der Waals surface area contributed by atoms with Crippen LogP contribution in [-0.4, -0.2) is 6.04 Å². The molecule has 2 rings (SSSR count). The molecule has 1 heterocycles. The molecule has 0 amide bonds. The summed E-state index contributed by atoms with van der Waals surface area (Å²) in [7, 11) is 0. The molecule has 1 aromatic rings. The molecule has 1 aliphatic carbocycles. The summed E-state index contributed by atoms with van der Waals surface area (Å²) < 4.78 is 0. The Balaban J connectivity index is 2.13. The molecule has 1 aliphatic rings. The predicted octanol–water partition coefficient (Wildman–Crippen LogP) is 3.37. The van der Waals surface area contributed by atoms with Gasteiger partial charge in [0.05, 0.1) is 0 Å². The van der Waals surface area contributed by atoms with Crippen LogP contribution < -0.4 is 5.73 Å². The van der Waals surface area contributed by atoms with Gasteiger partial charge in [-0.3, -0.25) is 0 Å². The lowest BCUT2D eigenvalue weighted by Gasteiger charge is -2.33. The molecule has 0 radical (unpaired) electrons. The van der Waals surface area contributed by atoms with Crippen LogP contribution in [-0.2, 0) is 0 Å². The van der Waals surface area contributed by atoms with E-state index >= 15 is 0 Å². The van der Waals surface area contributed by atoms with Crippen molar-refractivity contribution in [3.8, 4) is 0 Å². The van der Waals surface area contributed by atoms with Gasteiger partial charge in [0.25, 0.3) is 0 Å². The van der Waals surface area contributed by atoms with Crippen LogP contribution >= 0.6 is 11.3 Å². The van der Waals surface area contributed by atoms with E-state index in [9.17, 15) is 0 Å². The van der Waals surface area contributed by atoms with Crippen molar-refractivity contribution in [3.05, 3.63) is 22.4 Å². The minimum absolute atomic E-state index is 0.435. The molecule has 1 fully saturated rings. The molecule has 78 valence electrons. The molecular formula is C12H19NS. The van der Waals surface area contributed by atoms with Gasteiger partial charge in [0, 0.05) is 10.9 Å². The Morgan fingerprint density at radius 3 is 3.00 bits per heavy atom. The van der Waals surface area contributed by atoms with Gasteiger partial charge < -0.3 is 5.73 Å². The molecule has 0 bridgehead atoms. The molecule has 2 N–H and O–H groups in total. The van der Waals surface area contributed by atoms with E-state index < -0.39 is 0 Å². The third-order valence-electron chi connectivity index (χ3n) is 3.47. The molecule has 2 heteroatoms. The smallest absolute Gasteiger partial charge is 0.00795 e. The van der Waals surface area contributed by atoms with Gasteiger partial charge in [0.15, 0.2) is 0 Å². The van der Waals surface area contributed by atoms with Crippen molar-refractivity contribution in [2.75, 3.05) is 0 Å². The average Bonchev–Trinajstić information content (AvgIpc) is 2.70. The molecule has 3 unspecified atom stereocenters. The largest absolute Gasteiger partial charge is 0.328 e. The Hall–Kier alpha value is -0.340. The average molecular weight is 209 g/mol. The van der Waals surface area contributed by atoms with Crippen molar-refractivity contribution in [2.45, 2.75) is 44.6 Å². The summed E-state index contributed by atoms with van der Waals surface area (Å²) >= 11 is 1.90. The molecule has 1 nitrogen and oxygen atoms in total. The minimum atomic E-state index is 0.435. The van der Waals surface area contributed by atoms with Crippen LogP contribution in [0.1, 0.15) is 43.4 Å². The zero-order chi connectivity index (χ0) is 9.97. The highest BCUT2D eigenvalue weighted by molar-refractivity contribution is 7.10. The Bertz CT molecular complexity index is 268. The van der Waals surface area contributed by atoms with E-state index in [0.29, 0.717) is 6.04 Å². The van der Waals surface area contributed by atoms with E-state index in [0.717, 1.165) is 11.8 Å². The van der Waals surface area contributed by atoms with Gasteiger partial charge in [-0.2, -0.15) is 0 Å². The zero-order valence-corrected chi connectivity index (χ0v) is 9.59. The Labute approximate surface area is 90.3 Å². The first-order valence-electron chi connectivity index (χ1n) is 5.60. The molecule has 0 aromatic carbocycles. The first-order chi connectivity index (χ1) is 6.81. The van der Waals surface area contributed by atoms with E-state index in [1.54, 1.807) is 4.88 Å². The number of hydrogen-bond donors (Lipinski definition) is 1. The van der Waals surface area contributed by atoms with Gasteiger partial charge in [0.2, 0.25) is 0 Å². The van der Waals surface area contributed by atoms with Gasteiger partial charge in [-0.25, -0.2) is 0 Å². The Kier molecular flexibility index (Phi) is 3.24. The molecule has 1 aromatic heterocycles. The summed E-state index contributed by atoms with van der Waals surface area (Å²) in [5.74, 6) is 1.61. The van der Waals surface area contributed by atoms with Crippen LogP contribution in [0.2, 0.25) is 0 Å². The van der Waals surface area contributed by atoms with E-state index in [1.165, 1.54) is 25.7 Å². The van der Waals surface area contributed by atoms with Crippen LogP contribution in [0.3, 0.4) is 0 Å². The summed E-state index contributed by atoms with van der Waals surface area (Å²) in [4.78, 5) is 1.55. The molecular weight excluding hydrogens is 190 g/mol. The third kappa shape index (κ3) is 2.01. The normalized spacial score (nSPS) is 33.1. The fourth-order valence-electron chi connectivity index (χ4n) is 2.61. The maximum Gasteiger partial charge on any atom is 0.00795 e. The van der Waals surface area contributed by atoms with Crippen LogP contribution in [0.15, 0.2) is 17.5 Å². The molecule has 3 atom stereocenters. The number of nitrogens with two attached hydrogens (primary N) is 1. The molecule has 0 saturated heterocycles. The van der Waals surface area contributed by atoms with Gasteiger partial charge in [-0.1, -0.05) is 19.4 Å². The second-order valence-electron chi connectivity index (χ2n) is 4.36. The van der Waals surface area contributed by atoms with Crippen LogP contribution in [0.5, 0.6) is 0 Å². The topological polar surface area (TPSA) is 26.0 Å². The van der Waals surface area contributed by atoms with Crippen molar-refractivity contribution < 1.29 is 0 Å². The monoisotopic (exact) mass is 209 g/mol.